The number of fused-ring (bicyclic) bond motifs is 1. The molecule has 0 unspecified atom stereocenters. The monoisotopic (exact) mass is 493 g/mol. The molecule has 164 valence electrons. The normalized spacial score (nSPS) is 24.0. The lowest BCUT2D eigenvalue weighted by Crippen LogP contribution is -2.38. The van der Waals surface area contributed by atoms with E-state index in [9.17, 15) is 18.0 Å². The number of thioether (sulfide) groups is 1. The summed E-state index contributed by atoms with van der Waals surface area (Å²) in [6.45, 7) is 4.80. The van der Waals surface area contributed by atoms with Crippen molar-refractivity contribution in [2.45, 2.75) is 37.7 Å². The number of carbonyl (C=O) groups excluding carboxylic acids is 2. The number of carbonyl (C=O) groups is 2. The van der Waals surface area contributed by atoms with Crippen molar-refractivity contribution in [3.05, 3.63) is 28.2 Å². The second-order valence-corrected chi connectivity index (χ2v) is 12.1. The molecule has 0 spiro atoms. The van der Waals surface area contributed by atoms with Crippen LogP contribution in [0, 0.1) is 0 Å². The highest BCUT2D eigenvalue weighted by Crippen LogP contribution is 2.42. The maximum absolute atomic E-state index is 12.4. The Balaban J connectivity index is 1.80. The highest BCUT2D eigenvalue weighted by molar-refractivity contribution is 8.16. The van der Waals surface area contributed by atoms with E-state index in [1.807, 2.05) is 0 Å². The number of aliphatic imine (C=N–C) groups is 1. The van der Waals surface area contributed by atoms with Crippen LogP contribution < -0.4 is 10.2 Å². The van der Waals surface area contributed by atoms with Gasteiger partial charge in [0, 0.05) is 10.9 Å². The van der Waals surface area contributed by atoms with Crippen molar-refractivity contribution in [3.8, 4) is 0 Å². The summed E-state index contributed by atoms with van der Waals surface area (Å²) in [4.78, 5) is 29.9. The molecule has 1 aromatic rings. The Kier molecular flexibility index (Phi) is 6.62. The summed E-state index contributed by atoms with van der Waals surface area (Å²) in [5, 5.41) is 3.14. The Labute approximate surface area is 189 Å². The fraction of sp³-hybridized carbons (Fsp3) is 0.500. The van der Waals surface area contributed by atoms with Crippen LogP contribution in [0.4, 0.5) is 10.5 Å². The summed E-state index contributed by atoms with van der Waals surface area (Å²) >= 11 is 13.3. The van der Waals surface area contributed by atoms with Gasteiger partial charge >= 0.3 is 6.09 Å². The molecular formula is C18H21Cl2N3O5S2. The average molecular weight is 494 g/mol. The van der Waals surface area contributed by atoms with Gasteiger partial charge in [-0.3, -0.25) is 4.79 Å². The summed E-state index contributed by atoms with van der Waals surface area (Å²) in [5.74, 6) is -0.631. The van der Waals surface area contributed by atoms with Crippen molar-refractivity contribution in [2.24, 2.45) is 4.99 Å². The number of anilines is 1. The van der Waals surface area contributed by atoms with Gasteiger partial charge in [-0.1, -0.05) is 35.0 Å². The van der Waals surface area contributed by atoms with Gasteiger partial charge in [0.1, 0.15) is 12.1 Å². The minimum absolute atomic E-state index is 0.00350. The van der Waals surface area contributed by atoms with Crippen LogP contribution in [0.1, 0.15) is 20.8 Å². The number of halogens is 2. The molecule has 1 N–H and O–H groups in total. The van der Waals surface area contributed by atoms with Gasteiger partial charge in [-0.05, 0) is 39.0 Å². The van der Waals surface area contributed by atoms with Crippen LogP contribution in [0.2, 0.25) is 10.0 Å². The largest absolute Gasteiger partial charge is 0.444 e. The maximum atomic E-state index is 12.4. The lowest BCUT2D eigenvalue weighted by atomic mass is 10.2. The highest BCUT2D eigenvalue weighted by Gasteiger charge is 2.49. The van der Waals surface area contributed by atoms with E-state index >= 15 is 0 Å². The van der Waals surface area contributed by atoms with E-state index in [0.717, 1.165) is 0 Å². The SMILES string of the molecule is CC(C)(C)OC(=O)NCC(=O)N=C1S[C@@H]2CS(=O)(=O)C[C@@H]2N1c1ccc(Cl)c(Cl)c1. The van der Waals surface area contributed by atoms with Crippen molar-refractivity contribution < 1.29 is 22.7 Å². The quantitative estimate of drug-likeness (QED) is 0.689. The first-order valence-electron chi connectivity index (χ1n) is 9.04. The standard InChI is InChI=1S/C18H21Cl2N3O5S2/c1-18(2,3)28-17(25)21-7-15(24)22-16-23(10-4-5-11(19)12(20)6-10)13-8-30(26,27)9-14(13)29-16/h4-6,13-14H,7-9H2,1-3H3,(H,21,25)/t13-,14+/m0/s1. The topological polar surface area (TPSA) is 105 Å². The van der Waals surface area contributed by atoms with Crippen molar-refractivity contribution in [1.29, 1.82) is 0 Å². The molecule has 2 heterocycles. The zero-order valence-corrected chi connectivity index (χ0v) is 19.7. The molecule has 2 amide bonds. The number of amidine groups is 1. The number of amides is 2. The molecule has 0 bridgehead atoms. The number of nitrogens with zero attached hydrogens (tertiary/aromatic N) is 2. The van der Waals surface area contributed by atoms with Gasteiger partial charge in [0.2, 0.25) is 0 Å². The number of sulfone groups is 1. The molecule has 8 nitrogen and oxygen atoms in total. The summed E-state index contributed by atoms with van der Waals surface area (Å²) in [6.07, 6.45) is -0.723. The molecule has 2 fully saturated rings. The minimum Gasteiger partial charge on any atom is -0.444 e. The molecule has 30 heavy (non-hydrogen) atoms. The first kappa shape index (κ1) is 23.2. The summed E-state index contributed by atoms with van der Waals surface area (Å²) in [7, 11) is -3.19. The van der Waals surface area contributed by atoms with Crippen LogP contribution in [0.25, 0.3) is 0 Å². The first-order chi connectivity index (χ1) is 13.8. The number of rotatable bonds is 3. The smallest absolute Gasteiger partial charge is 0.408 e. The van der Waals surface area contributed by atoms with E-state index in [2.05, 4.69) is 10.3 Å². The van der Waals surface area contributed by atoms with Gasteiger partial charge in [-0.15, -0.1) is 0 Å². The summed E-state index contributed by atoms with van der Waals surface area (Å²) in [6, 6.07) is 4.53. The molecule has 1 aromatic carbocycles. The van der Waals surface area contributed by atoms with E-state index in [1.54, 1.807) is 43.9 Å². The van der Waals surface area contributed by atoms with Crippen molar-refractivity contribution in [2.75, 3.05) is 23.0 Å². The van der Waals surface area contributed by atoms with Crippen LogP contribution in [-0.2, 0) is 19.4 Å². The fourth-order valence-corrected chi connectivity index (χ4v) is 7.33. The first-order valence-corrected chi connectivity index (χ1v) is 12.5. The second-order valence-electron chi connectivity index (χ2n) is 7.91. The Bertz CT molecular complexity index is 1010. The molecule has 0 aromatic heterocycles. The minimum atomic E-state index is -3.19. The van der Waals surface area contributed by atoms with Crippen molar-refractivity contribution in [1.82, 2.24) is 5.32 Å². The molecule has 2 aliphatic heterocycles. The molecule has 12 heteroatoms. The predicted molar refractivity (Wildman–Crippen MR) is 119 cm³/mol. The maximum Gasteiger partial charge on any atom is 0.408 e. The van der Waals surface area contributed by atoms with Gasteiger partial charge in [0.25, 0.3) is 5.91 Å². The second kappa shape index (κ2) is 8.57. The Hall–Kier alpha value is -1.49. The third kappa shape index (κ3) is 5.60. The van der Waals surface area contributed by atoms with E-state index in [1.165, 1.54) is 11.8 Å². The third-order valence-corrected chi connectivity index (χ3v) is 8.20. The molecule has 2 atom stereocenters. The predicted octanol–water partition coefficient (Wildman–Crippen LogP) is 3.12. The molecule has 0 radical (unpaired) electrons. The van der Waals surface area contributed by atoms with Crippen LogP contribution in [0.15, 0.2) is 23.2 Å². The number of hydrogen-bond donors (Lipinski definition) is 1. The molecule has 3 rings (SSSR count). The van der Waals surface area contributed by atoms with E-state index in [-0.39, 0.29) is 29.3 Å². The van der Waals surface area contributed by atoms with Gasteiger partial charge in [-0.2, -0.15) is 4.99 Å². The van der Waals surface area contributed by atoms with Crippen LogP contribution >= 0.6 is 35.0 Å². The third-order valence-electron chi connectivity index (χ3n) is 4.25. The van der Waals surface area contributed by atoms with Crippen LogP contribution in [-0.4, -0.2) is 60.5 Å². The van der Waals surface area contributed by atoms with E-state index in [4.69, 9.17) is 27.9 Å². The van der Waals surface area contributed by atoms with Gasteiger partial charge < -0.3 is 15.0 Å². The van der Waals surface area contributed by atoms with Gasteiger partial charge in [-0.25, -0.2) is 13.2 Å². The van der Waals surface area contributed by atoms with Crippen LogP contribution in [0.5, 0.6) is 0 Å². The van der Waals surface area contributed by atoms with E-state index in [0.29, 0.717) is 20.9 Å². The average Bonchev–Trinajstić information content (AvgIpc) is 3.05. The number of hydrogen-bond acceptors (Lipinski definition) is 6. The Morgan fingerprint density at radius 3 is 2.60 bits per heavy atom. The van der Waals surface area contributed by atoms with Gasteiger partial charge in [0.15, 0.2) is 15.0 Å². The number of nitrogens with one attached hydrogen (secondary N) is 1. The molecule has 0 aliphatic carbocycles. The Morgan fingerprint density at radius 2 is 1.97 bits per heavy atom. The molecular weight excluding hydrogens is 473 g/mol. The summed E-state index contributed by atoms with van der Waals surface area (Å²) in [5.41, 5.74) is -0.0957. The van der Waals surface area contributed by atoms with Crippen molar-refractivity contribution >= 4 is 67.7 Å². The highest BCUT2D eigenvalue weighted by atomic mass is 35.5. The van der Waals surface area contributed by atoms with Gasteiger partial charge in [0.05, 0.1) is 27.6 Å². The lowest BCUT2D eigenvalue weighted by Gasteiger charge is -2.24. The zero-order valence-electron chi connectivity index (χ0n) is 16.5. The fourth-order valence-electron chi connectivity index (χ4n) is 3.11. The number of alkyl carbamates (subject to hydrolysis) is 1. The van der Waals surface area contributed by atoms with E-state index < -0.39 is 27.4 Å². The zero-order chi connectivity index (χ0) is 22.3. The lowest BCUT2D eigenvalue weighted by molar-refractivity contribution is -0.117. The molecule has 0 saturated carbocycles. The molecule has 2 aliphatic rings. The van der Waals surface area contributed by atoms with Crippen LogP contribution in [0.3, 0.4) is 0 Å². The number of benzene rings is 1. The summed E-state index contributed by atoms with van der Waals surface area (Å²) < 4.78 is 29.3. The molecule has 2 saturated heterocycles. The Morgan fingerprint density at radius 1 is 1.27 bits per heavy atom. The number of ether oxygens (including phenoxy) is 1. The van der Waals surface area contributed by atoms with Crippen molar-refractivity contribution in [3.63, 3.8) is 0 Å².